The highest BCUT2D eigenvalue weighted by Gasteiger charge is 2.29. The van der Waals surface area contributed by atoms with Gasteiger partial charge in [0, 0.05) is 47.9 Å². The summed E-state index contributed by atoms with van der Waals surface area (Å²) in [4.78, 5) is 25.2. The molecule has 1 aliphatic carbocycles. The Balaban J connectivity index is 1.84. The number of nitrogens with one attached hydrogen (secondary N) is 2. The number of pyridine rings is 3. The molecule has 0 saturated heterocycles. The lowest BCUT2D eigenvalue weighted by Crippen LogP contribution is -2.14. The fourth-order valence-electron chi connectivity index (χ4n) is 2.70. The van der Waals surface area contributed by atoms with Crippen LogP contribution in [0.5, 0.6) is 0 Å². The number of carbonyl (C=O) groups is 1. The first-order valence-corrected chi connectivity index (χ1v) is 7.95. The van der Waals surface area contributed by atoms with Crippen molar-refractivity contribution in [1.29, 1.82) is 0 Å². The van der Waals surface area contributed by atoms with E-state index in [4.69, 9.17) is 0 Å². The maximum Gasteiger partial charge on any atom is 0.228 e. The number of rotatable bonds is 4. The van der Waals surface area contributed by atoms with Crippen molar-refractivity contribution < 1.29 is 4.79 Å². The second-order valence-electron chi connectivity index (χ2n) is 5.86. The maximum absolute atomic E-state index is 12.0. The zero-order valence-corrected chi connectivity index (χ0v) is 13.3. The maximum atomic E-state index is 12.0. The molecule has 1 fully saturated rings. The molecule has 120 valence electrons. The topological polar surface area (TPSA) is 79.8 Å². The lowest BCUT2D eigenvalue weighted by atomic mass is 10.1. The number of anilines is 2. The van der Waals surface area contributed by atoms with Crippen LogP contribution in [0.25, 0.3) is 22.0 Å². The molecule has 3 heterocycles. The smallest absolute Gasteiger partial charge is 0.228 e. The lowest BCUT2D eigenvalue weighted by molar-refractivity contribution is -0.117. The highest BCUT2D eigenvalue weighted by atomic mass is 16.2. The summed E-state index contributed by atoms with van der Waals surface area (Å²) in [6, 6.07) is 7.65. The van der Waals surface area contributed by atoms with Gasteiger partial charge in [-0.05, 0) is 31.0 Å². The zero-order valence-electron chi connectivity index (χ0n) is 13.3. The van der Waals surface area contributed by atoms with Gasteiger partial charge in [0.25, 0.3) is 0 Å². The molecule has 0 bridgehead atoms. The summed E-state index contributed by atoms with van der Waals surface area (Å²) in [7, 11) is 1.82. The average molecular weight is 319 g/mol. The van der Waals surface area contributed by atoms with Crippen molar-refractivity contribution >= 4 is 28.3 Å². The first-order valence-electron chi connectivity index (χ1n) is 7.95. The molecular formula is C18H17N5O. The molecule has 0 unspecified atom stereocenters. The monoisotopic (exact) mass is 319 g/mol. The quantitative estimate of drug-likeness (QED) is 0.772. The minimum atomic E-state index is 0.0455. The van der Waals surface area contributed by atoms with Crippen LogP contribution in [0.4, 0.5) is 11.6 Å². The first kappa shape index (κ1) is 14.6. The van der Waals surface area contributed by atoms with Gasteiger partial charge in [-0.25, -0.2) is 9.97 Å². The SMILES string of the molecule is CNc1ncc(-c2ccccn2)c2cc(NC(=O)C3CC3)ncc12. The molecule has 0 atom stereocenters. The van der Waals surface area contributed by atoms with Gasteiger partial charge >= 0.3 is 0 Å². The number of nitrogens with zero attached hydrogens (tertiary/aromatic N) is 3. The van der Waals surface area contributed by atoms with Crippen LogP contribution in [0.1, 0.15) is 12.8 Å². The molecule has 0 aliphatic heterocycles. The van der Waals surface area contributed by atoms with E-state index in [0.717, 1.165) is 40.7 Å². The molecule has 1 aliphatic rings. The molecule has 2 N–H and O–H groups in total. The van der Waals surface area contributed by atoms with E-state index in [9.17, 15) is 4.79 Å². The van der Waals surface area contributed by atoms with Gasteiger partial charge < -0.3 is 10.6 Å². The Bertz CT molecular complexity index is 906. The molecular weight excluding hydrogens is 302 g/mol. The number of amides is 1. The molecule has 1 amide bonds. The molecule has 0 spiro atoms. The van der Waals surface area contributed by atoms with Crippen LogP contribution in [0.3, 0.4) is 0 Å². The van der Waals surface area contributed by atoms with Crippen molar-refractivity contribution in [2.24, 2.45) is 5.92 Å². The zero-order chi connectivity index (χ0) is 16.5. The van der Waals surface area contributed by atoms with Crippen LogP contribution >= 0.6 is 0 Å². The van der Waals surface area contributed by atoms with Crippen molar-refractivity contribution in [3.8, 4) is 11.3 Å². The fourth-order valence-corrected chi connectivity index (χ4v) is 2.70. The minimum absolute atomic E-state index is 0.0455. The Morgan fingerprint density at radius 2 is 2.00 bits per heavy atom. The summed E-state index contributed by atoms with van der Waals surface area (Å²) in [6.45, 7) is 0. The fraction of sp³-hybridized carbons (Fsp3) is 0.222. The van der Waals surface area contributed by atoms with E-state index in [2.05, 4.69) is 25.6 Å². The largest absolute Gasteiger partial charge is 0.373 e. The highest BCUT2D eigenvalue weighted by molar-refractivity contribution is 6.03. The Hall–Kier alpha value is -3.02. The molecule has 3 aromatic rings. The van der Waals surface area contributed by atoms with Crippen LogP contribution in [0.15, 0.2) is 42.9 Å². The van der Waals surface area contributed by atoms with E-state index in [0.29, 0.717) is 5.82 Å². The third-order valence-corrected chi connectivity index (χ3v) is 4.15. The second kappa shape index (κ2) is 5.88. The van der Waals surface area contributed by atoms with E-state index in [1.165, 1.54) is 0 Å². The third kappa shape index (κ3) is 2.67. The van der Waals surface area contributed by atoms with E-state index in [1.807, 2.05) is 31.3 Å². The highest BCUT2D eigenvalue weighted by Crippen LogP contribution is 2.33. The van der Waals surface area contributed by atoms with E-state index in [1.54, 1.807) is 18.6 Å². The number of aromatic nitrogens is 3. The van der Waals surface area contributed by atoms with Gasteiger partial charge in [-0.1, -0.05) is 6.07 Å². The molecule has 3 aromatic heterocycles. The van der Waals surface area contributed by atoms with Crippen LogP contribution in [-0.4, -0.2) is 27.9 Å². The van der Waals surface area contributed by atoms with Crippen LogP contribution in [-0.2, 0) is 4.79 Å². The molecule has 6 nitrogen and oxygen atoms in total. The molecule has 6 heteroatoms. The van der Waals surface area contributed by atoms with Crippen LogP contribution in [0, 0.1) is 5.92 Å². The molecule has 1 saturated carbocycles. The number of hydrogen-bond donors (Lipinski definition) is 2. The average Bonchev–Trinajstić information content (AvgIpc) is 3.46. The summed E-state index contributed by atoms with van der Waals surface area (Å²) in [6.07, 6.45) is 7.22. The van der Waals surface area contributed by atoms with Crippen molar-refractivity contribution in [2.75, 3.05) is 17.7 Å². The van der Waals surface area contributed by atoms with E-state index < -0.39 is 0 Å². The summed E-state index contributed by atoms with van der Waals surface area (Å²) in [5, 5.41) is 7.83. The predicted octanol–water partition coefficient (Wildman–Crippen LogP) is 3.08. The second-order valence-corrected chi connectivity index (χ2v) is 5.86. The molecule has 0 aromatic carbocycles. The Kier molecular flexibility index (Phi) is 3.57. The summed E-state index contributed by atoms with van der Waals surface area (Å²) < 4.78 is 0. The van der Waals surface area contributed by atoms with Gasteiger partial charge in [0.1, 0.15) is 11.6 Å². The van der Waals surface area contributed by atoms with E-state index >= 15 is 0 Å². The normalized spacial score (nSPS) is 13.7. The van der Waals surface area contributed by atoms with Crippen molar-refractivity contribution in [2.45, 2.75) is 12.8 Å². The van der Waals surface area contributed by atoms with Gasteiger partial charge in [-0.15, -0.1) is 0 Å². The van der Waals surface area contributed by atoms with E-state index in [-0.39, 0.29) is 11.8 Å². The summed E-state index contributed by atoms with van der Waals surface area (Å²) in [5.41, 5.74) is 1.75. The van der Waals surface area contributed by atoms with Gasteiger partial charge in [-0.2, -0.15) is 0 Å². The van der Waals surface area contributed by atoms with Gasteiger partial charge in [0.05, 0.1) is 5.69 Å². The lowest BCUT2D eigenvalue weighted by Gasteiger charge is -2.11. The molecule has 4 rings (SSSR count). The van der Waals surface area contributed by atoms with Crippen LogP contribution < -0.4 is 10.6 Å². The minimum Gasteiger partial charge on any atom is -0.373 e. The van der Waals surface area contributed by atoms with Crippen molar-refractivity contribution in [1.82, 2.24) is 15.0 Å². The summed E-state index contributed by atoms with van der Waals surface area (Å²) in [5.74, 6) is 1.49. The number of hydrogen-bond acceptors (Lipinski definition) is 5. The first-order chi connectivity index (χ1) is 11.8. The number of carbonyl (C=O) groups excluding carboxylic acids is 1. The molecule has 24 heavy (non-hydrogen) atoms. The van der Waals surface area contributed by atoms with Gasteiger partial charge in [0.15, 0.2) is 0 Å². The Labute approximate surface area is 139 Å². The predicted molar refractivity (Wildman–Crippen MR) is 93.7 cm³/mol. The Morgan fingerprint density at radius 1 is 1.12 bits per heavy atom. The van der Waals surface area contributed by atoms with Gasteiger partial charge in [-0.3, -0.25) is 9.78 Å². The number of fused-ring (bicyclic) bond motifs is 1. The Morgan fingerprint density at radius 3 is 2.71 bits per heavy atom. The summed E-state index contributed by atoms with van der Waals surface area (Å²) >= 11 is 0. The van der Waals surface area contributed by atoms with Crippen LogP contribution in [0.2, 0.25) is 0 Å². The standard InChI is InChI=1S/C18H17N5O/c1-19-17-14-10-21-16(23-18(24)11-5-6-11)8-12(14)13(9-22-17)15-4-2-3-7-20-15/h2-4,7-11H,5-6H2,1H3,(H,19,22)(H,21,23,24). The third-order valence-electron chi connectivity index (χ3n) is 4.15. The van der Waals surface area contributed by atoms with Gasteiger partial charge in [0.2, 0.25) is 5.91 Å². The molecule has 0 radical (unpaired) electrons. The van der Waals surface area contributed by atoms with Crippen molar-refractivity contribution in [3.05, 3.63) is 42.9 Å². The van der Waals surface area contributed by atoms with Crippen molar-refractivity contribution in [3.63, 3.8) is 0 Å².